The van der Waals surface area contributed by atoms with Gasteiger partial charge in [0.15, 0.2) is 0 Å². The minimum atomic E-state index is -3.59. The predicted octanol–water partition coefficient (Wildman–Crippen LogP) is 2.24. The Bertz CT molecular complexity index is 898. The summed E-state index contributed by atoms with van der Waals surface area (Å²) >= 11 is 0. The number of hydrogen-bond acceptors (Lipinski definition) is 5. The summed E-state index contributed by atoms with van der Waals surface area (Å²) < 4.78 is 33.3. The first-order chi connectivity index (χ1) is 11.5. The van der Waals surface area contributed by atoms with Crippen molar-refractivity contribution in [3.63, 3.8) is 0 Å². The molecule has 3 heterocycles. The van der Waals surface area contributed by atoms with Crippen LogP contribution in [-0.2, 0) is 16.4 Å². The van der Waals surface area contributed by atoms with Crippen LogP contribution >= 0.6 is 0 Å². The Balaban J connectivity index is 1.78. The molecule has 2 aromatic rings. The summed E-state index contributed by atoms with van der Waals surface area (Å²) in [7, 11) is -2.05. The SMILES string of the molecule is COc1cccc(S(=O)(=O)N2[C@H]3CC[C@@H]2c2cnc(C)nc2C3)c1. The molecule has 0 amide bonds. The smallest absolute Gasteiger partial charge is 0.244 e. The van der Waals surface area contributed by atoms with E-state index in [2.05, 4.69) is 9.97 Å². The maximum atomic E-state index is 13.2. The molecule has 2 aliphatic rings. The lowest BCUT2D eigenvalue weighted by Crippen LogP contribution is -2.42. The largest absolute Gasteiger partial charge is 0.497 e. The summed E-state index contributed by atoms with van der Waals surface area (Å²) in [5.41, 5.74) is 1.94. The molecule has 2 aliphatic heterocycles. The molecule has 2 atom stereocenters. The van der Waals surface area contributed by atoms with Gasteiger partial charge in [0.1, 0.15) is 11.6 Å². The summed E-state index contributed by atoms with van der Waals surface area (Å²) in [5, 5.41) is 0. The van der Waals surface area contributed by atoms with E-state index >= 15 is 0 Å². The number of aryl methyl sites for hydroxylation is 1. The first-order valence-electron chi connectivity index (χ1n) is 8.00. The Morgan fingerprint density at radius 3 is 2.92 bits per heavy atom. The second-order valence-electron chi connectivity index (χ2n) is 6.28. The molecule has 0 radical (unpaired) electrons. The van der Waals surface area contributed by atoms with Crippen molar-refractivity contribution in [2.75, 3.05) is 7.11 Å². The summed E-state index contributed by atoms with van der Waals surface area (Å²) in [4.78, 5) is 9.07. The molecule has 0 N–H and O–H groups in total. The fraction of sp³-hybridized carbons (Fsp3) is 0.412. The fourth-order valence-corrected chi connectivity index (χ4v) is 5.67. The van der Waals surface area contributed by atoms with E-state index in [4.69, 9.17) is 4.74 Å². The highest BCUT2D eigenvalue weighted by molar-refractivity contribution is 7.89. The van der Waals surface area contributed by atoms with Gasteiger partial charge in [-0.25, -0.2) is 18.4 Å². The number of fused-ring (bicyclic) bond motifs is 4. The van der Waals surface area contributed by atoms with E-state index in [0.717, 1.165) is 29.9 Å². The van der Waals surface area contributed by atoms with Crippen LogP contribution in [0.15, 0.2) is 35.4 Å². The van der Waals surface area contributed by atoms with Crippen molar-refractivity contribution in [3.05, 3.63) is 47.5 Å². The maximum Gasteiger partial charge on any atom is 0.244 e. The third kappa shape index (κ3) is 2.31. The molecule has 0 aliphatic carbocycles. The third-order valence-electron chi connectivity index (χ3n) is 4.87. The average Bonchev–Trinajstić information content (AvgIpc) is 2.91. The van der Waals surface area contributed by atoms with E-state index in [1.54, 1.807) is 34.8 Å². The second kappa shape index (κ2) is 5.53. The van der Waals surface area contributed by atoms with Crippen LogP contribution in [0.3, 0.4) is 0 Å². The molecule has 24 heavy (non-hydrogen) atoms. The normalized spacial score (nSPS) is 23.1. The number of nitrogens with zero attached hydrogens (tertiary/aromatic N) is 3. The van der Waals surface area contributed by atoms with Crippen LogP contribution in [0.4, 0.5) is 0 Å². The number of aromatic nitrogens is 2. The van der Waals surface area contributed by atoms with Crippen molar-refractivity contribution in [1.82, 2.24) is 14.3 Å². The van der Waals surface area contributed by atoms with Crippen LogP contribution in [0.25, 0.3) is 0 Å². The molecule has 1 aromatic heterocycles. The lowest BCUT2D eigenvalue weighted by Gasteiger charge is -2.34. The number of hydrogen-bond donors (Lipinski definition) is 0. The molecule has 4 rings (SSSR count). The number of rotatable bonds is 3. The molecule has 1 saturated heterocycles. The molecule has 0 spiro atoms. The summed E-state index contributed by atoms with van der Waals surface area (Å²) in [6.07, 6.45) is 4.10. The molecule has 0 unspecified atom stereocenters. The minimum Gasteiger partial charge on any atom is -0.497 e. The van der Waals surface area contributed by atoms with E-state index in [1.807, 2.05) is 6.92 Å². The number of benzene rings is 1. The Kier molecular flexibility index (Phi) is 3.58. The zero-order valence-electron chi connectivity index (χ0n) is 13.6. The van der Waals surface area contributed by atoms with Crippen LogP contribution in [0, 0.1) is 6.92 Å². The molecule has 2 bridgehead atoms. The van der Waals surface area contributed by atoms with Gasteiger partial charge in [0, 0.05) is 30.3 Å². The average molecular weight is 345 g/mol. The van der Waals surface area contributed by atoms with Crippen LogP contribution in [0.1, 0.15) is 36.0 Å². The van der Waals surface area contributed by atoms with Crippen molar-refractivity contribution in [1.29, 1.82) is 0 Å². The van der Waals surface area contributed by atoms with Gasteiger partial charge >= 0.3 is 0 Å². The molecular weight excluding hydrogens is 326 g/mol. The Morgan fingerprint density at radius 2 is 2.12 bits per heavy atom. The Hall–Kier alpha value is -1.99. The Labute approximate surface area is 141 Å². The summed E-state index contributed by atoms with van der Waals surface area (Å²) in [5.74, 6) is 1.28. The monoisotopic (exact) mass is 345 g/mol. The first-order valence-corrected chi connectivity index (χ1v) is 9.44. The van der Waals surface area contributed by atoms with Gasteiger partial charge in [-0.3, -0.25) is 0 Å². The van der Waals surface area contributed by atoms with E-state index < -0.39 is 10.0 Å². The maximum absolute atomic E-state index is 13.2. The van der Waals surface area contributed by atoms with Gasteiger partial charge in [-0.1, -0.05) is 6.07 Å². The van der Waals surface area contributed by atoms with Crippen molar-refractivity contribution < 1.29 is 13.2 Å². The molecule has 7 heteroatoms. The Morgan fingerprint density at radius 1 is 1.29 bits per heavy atom. The zero-order chi connectivity index (χ0) is 16.9. The molecule has 1 aromatic carbocycles. The van der Waals surface area contributed by atoms with Crippen LogP contribution in [0.2, 0.25) is 0 Å². The van der Waals surface area contributed by atoms with Gasteiger partial charge in [-0.05, 0) is 31.9 Å². The zero-order valence-corrected chi connectivity index (χ0v) is 14.5. The van der Waals surface area contributed by atoms with Gasteiger partial charge in [0.2, 0.25) is 10.0 Å². The van der Waals surface area contributed by atoms with Gasteiger partial charge in [-0.15, -0.1) is 0 Å². The third-order valence-corrected chi connectivity index (χ3v) is 6.82. The second-order valence-corrected chi connectivity index (χ2v) is 8.13. The van der Waals surface area contributed by atoms with Crippen molar-refractivity contribution in [3.8, 4) is 5.75 Å². The standard InChI is InChI=1S/C17H19N3O3S/c1-11-18-10-15-16(19-11)8-12-6-7-17(15)20(12)24(21,22)14-5-3-4-13(9-14)23-2/h3-5,9-10,12,17H,6-8H2,1-2H3/t12-,17+/m0/s1. The van der Waals surface area contributed by atoms with Gasteiger partial charge < -0.3 is 4.74 Å². The van der Waals surface area contributed by atoms with Gasteiger partial charge in [0.25, 0.3) is 0 Å². The minimum absolute atomic E-state index is 0.0343. The lowest BCUT2D eigenvalue weighted by atomic mass is 10.0. The summed E-state index contributed by atoms with van der Waals surface area (Å²) in [6.45, 7) is 1.86. The highest BCUT2D eigenvalue weighted by Gasteiger charge is 2.47. The van der Waals surface area contributed by atoms with Crippen LogP contribution in [-0.4, -0.2) is 35.8 Å². The topological polar surface area (TPSA) is 72.4 Å². The number of sulfonamides is 1. The van der Waals surface area contributed by atoms with Gasteiger partial charge in [-0.2, -0.15) is 4.31 Å². The van der Waals surface area contributed by atoms with Gasteiger partial charge in [0.05, 0.1) is 23.7 Å². The quantitative estimate of drug-likeness (QED) is 0.853. The van der Waals surface area contributed by atoms with E-state index in [9.17, 15) is 8.42 Å². The van der Waals surface area contributed by atoms with Crippen LogP contribution in [0.5, 0.6) is 5.75 Å². The predicted molar refractivity (Wildman–Crippen MR) is 88.3 cm³/mol. The lowest BCUT2D eigenvalue weighted by molar-refractivity contribution is 0.299. The molecular formula is C17H19N3O3S. The van der Waals surface area contributed by atoms with E-state index in [-0.39, 0.29) is 17.0 Å². The van der Waals surface area contributed by atoms with Crippen molar-refractivity contribution >= 4 is 10.0 Å². The highest BCUT2D eigenvalue weighted by Crippen LogP contribution is 2.46. The number of methoxy groups -OCH3 is 1. The number of ether oxygens (including phenoxy) is 1. The fourth-order valence-electron chi connectivity index (χ4n) is 3.78. The van der Waals surface area contributed by atoms with E-state index in [1.165, 1.54) is 7.11 Å². The van der Waals surface area contributed by atoms with Crippen LogP contribution < -0.4 is 4.74 Å². The molecule has 1 fully saturated rings. The highest BCUT2D eigenvalue weighted by atomic mass is 32.2. The van der Waals surface area contributed by atoms with E-state index in [0.29, 0.717) is 12.2 Å². The molecule has 6 nitrogen and oxygen atoms in total. The first kappa shape index (κ1) is 15.5. The molecule has 0 saturated carbocycles. The van der Waals surface area contributed by atoms with Crippen molar-refractivity contribution in [2.45, 2.75) is 43.2 Å². The summed E-state index contributed by atoms with van der Waals surface area (Å²) in [6, 6.07) is 6.45. The van der Waals surface area contributed by atoms with Crippen molar-refractivity contribution in [2.24, 2.45) is 0 Å². The molecule has 126 valence electrons.